The largest absolute Gasteiger partial charge is 0.419 e. The van der Waals surface area contributed by atoms with Crippen LogP contribution in [0.25, 0.3) is 0 Å². The number of alkyl halides is 3. The van der Waals surface area contributed by atoms with Crippen LogP contribution in [0.2, 0.25) is 0 Å². The lowest BCUT2D eigenvalue weighted by molar-refractivity contribution is -0.140. The number of carbonyl (C=O) groups is 1. The number of hydrogen-bond donors (Lipinski definition) is 1. The summed E-state index contributed by atoms with van der Waals surface area (Å²) in [6, 6.07) is 2.78. The molecule has 2 aromatic rings. The second kappa shape index (κ2) is 7.45. The van der Waals surface area contributed by atoms with Crippen molar-refractivity contribution >= 4 is 5.91 Å². The lowest BCUT2D eigenvalue weighted by Crippen LogP contribution is -2.33. The zero-order valence-corrected chi connectivity index (χ0v) is 13.9. The average molecular weight is 370 g/mol. The molecule has 3 rings (SSSR count). The van der Waals surface area contributed by atoms with Crippen molar-refractivity contribution in [2.45, 2.75) is 25.7 Å². The Balaban J connectivity index is 1.64. The number of aromatic amines is 1. The van der Waals surface area contributed by atoms with Crippen LogP contribution < -0.4 is 0 Å². The molecule has 1 saturated heterocycles. The van der Waals surface area contributed by atoms with Crippen molar-refractivity contribution in [3.8, 4) is 0 Å². The van der Waals surface area contributed by atoms with Gasteiger partial charge in [-0.05, 0) is 17.7 Å². The molecule has 1 aromatic heterocycles. The Kier molecular flexibility index (Phi) is 5.26. The SMILES string of the molecule is O=C1CCN(Cc2ncc[nH]2)CCN1Cc1ccc(C(F)(F)F)c(F)c1. The van der Waals surface area contributed by atoms with E-state index < -0.39 is 17.6 Å². The number of H-pyrrole nitrogens is 1. The molecular weight excluding hydrogens is 352 g/mol. The predicted octanol–water partition coefficient (Wildman–Crippen LogP) is 2.80. The average Bonchev–Trinajstić information content (AvgIpc) is 3.01. The van der Waals surface area contributed by atoms with E-state index in [0.29, 0.717) is 38.2 Å². The maximum Gasteiger partial charge on any atom is 0.419 e. The smallest absolute Gasteiger partial charge is 0.348 e. The monoisotopic (exact) mass is 370 g/mol. The molecule has 0 aliphatic carbocycles. The molecule has 0 radical (unpaired) electrons. The summed E-state index contributed by atoms with van der Waals surface area (Å²) in [5, 5.41) is 0. The van der Waals surface area contributed by atoms with Crippen molar-refractivity contribution < 1.29 is 22.4 Å². The van der Waals surface area contributed by atoms with Crippen LogP contribution in [0.4, 0.5) is 17.6 Å². The lowest BCUT2D eigenvalue weighted by Gasteiger charge is -2.22. The molecule has 140 valence electrons. The Morgan fingerprint density at radius 1 is 1.15 bits per heavy atom. The van der Waals surface area contributed by atoms with Gasteiger partial charge in [0.2, 0.25) is 5.91 Å². The third kappa shape index (κ3) is 4.40. The molecule has 1 aliphatic heterocycles. The number of carbonyl (C=O) groups excluding carboxylic acids is 1. The topological polar surface area (TPSA) is 52.2 Å². The molecule has 1 amide bonds. The number of benzene rings is 1. The molecule has 0 atom stereocenters. The van der Waals surface area contributed by atoms with E-state index in [4.69, 9.17) is 0 Å². The molecule has 1 aromatic carbocycles. The molecule has 0 saturated carbocycles. The van der Waals surface area contributed by atoms with Gasteiger partial charge in [-0.25, -0.2) is 9.37 Å². The van der Waals surface area contributed by atoms with E-state index in [0.717, 1.165) is 18.0 Å². The van der Waals surface area contributed by atoms with Crippen molar-refractivity contribution in [2.24, 2.45) is 0 Å². The van der Waals surface area contributed by atoms with Gasteiger partial charge >= 0.3 is 6.18 Å². The molecule has 26 heavy (non-hydrogen) atoms. The summed E-state index contributed by atoms with van der Waals surface area (Å²) in [7, 11) is 0. The van der Waals surface area contributed by atoms with Crippen LogP contribution in [-0.2, 0) is 24.1 Å². The summed E-state index contributed by atoms with van der Waals surface area (Å²) in [4.78, 5) is 23.1. The highest BCUT2D eigenvalue weighted by Crippen LogP contribution is 2.31. The number of hydrogen-bond acceptors (Lipinski definition) is 3. The fourth-order valence-electron chi connectivity index (χ4n) is 2.94. The van der Waals surface area contributed by atoms with Crippen molar-refractivity contribution in [3.63, 3.8) is 0 Å². The molecule has 0 unspecified atom stereocenters. The number of aromatic nitrogens is 2. The van der Waals surface area contributed by atoms with E-state index >= 15 is 0 Å². The van der Waals surface area contributed by atoms with E-state index in [1.54, 1.807) is 17.3 Å². The quantitative estimate of drug-likeness (QED) is 0.842. The normalized spacial score (nSPS) is 16.8. The third-order valence-corrected chi connectivity index (χ3v) is 4.32. The number of imidazole rings is 1. The van der Waals surface area contributed by atoms with Crippen LogP contribution in [0.5, 0.6) is 0 Å². The Hall–Kier alpha value is -2.42. The number of amides is 1. The third-order valence-electron chi connectivity index (χ3n) is 4.32. The predicted molar refractivity (Wildman–Crippen MR) is 85.3 cm³/mol. The van der Waals surface area contributed by atoms with E-state index in [9.17, 15) is 22.4 Å². The molecule has 9 heteroatoms. The molecule has 1 aliphatic rings. The van der Waals surface area contributed by atoms with Crippen molar-refractivity contribution in [2.75, 3.05) is 19.6 Å². The summed E-state index contributed by atoms with van der Waals surface area (Å²) in [6.07, 6.45) is -1.05. The Morgan fingerprint density at radius 3 is 2.62 bits per heavy atom. The molecule has 2 heterocycles. The Labute approximate surface area is 147 Å². The highest BCUT2D eigenvalue weighted by Gasteiger charge is 2.34. The van der Waals surface area contributed by atoms with E-state index in [-0.39, 0.29) is 12.5 Å². The van der Waals surface area contributed by atoms with Crippen molar-refractivity contribution in [1.29, 1.82) is 0 Å². The van der Waals surface area contributed by atoms with Gasteiger partial charge in [0, 0.05) is 45.0 Å². The first-order valence-electron chi connectivity index (χ1n) is 8.17. The first kappa shape index (κ1) is 18.4. The first-order valence-corrected chi connectivity index (χ1v) is 8.17. The van der Waals surface area contributed by atoms with Crippen LogP contribution in [0, 0.1) is 5.82 Å². The zero-order valence-electron chi connectivity index (χ0n) is 13.9. The van der Waals surface area contributed by atoms with Gasteiger partial charge in [0.05, 0.1) is 12.1 Å². The van der Waals surface area contributed by atoms with Crippen LogP contribution in [0.15, 0.2) is 30.6 Å². The fourth-order valence-corrected chi connectivity index (χ4v) is 2.94. The van der Waals surface area contributed by atoms with E-state index in [2.05, 4.69) is 14.9 Å². The summed E-state index contributed by atoms with van der Waals surface area (Å²) in [5.74, 6) is -0.625. The Morgan fingerprint density at radius 2 is 1.96 bits per heavy atom. The molecule has 1 fully saturated rings. The van der Waals surface area contributed by atoms with E-state index in [1.807, 2.05) is 0 Å². The minimum atomic E-state index is -4.73. The second-order valence-electron chi connectivity index (χ2n) is 6.19. The van der Waals surface area contributed by atoms with Gasteiger partial charge in [0.1, 0.15) is 11.6 Å². The fraction of sp³-hybridized carbons (Fsp3) is 0.412. The summed E-state index contributed by atoms with van der Waals surface area (Å²) in [6.45, 7) is 2.26. The molecule has 1 N–H and O–H groups in total. The van der Waals surface area contributed by atoms with Crippen molar-refractivity contribution in [1.82, 2.24) is 19.8 Å². The van der Waals surface area contributed by atoms with Gasteiger partial charge in [-0.3, -0.25) is 9.69 Å². The van der Waals surface area contributed by atoms with Gasteiger partial charge in [-0.15, -0.1) is 0 Å². The molecule has 0 spiro atoms. The first-order chi connectivity index (χ1) is 12.3. The number of nitrogens with zero attached hydrogens (tertiary/aromatic N) is 3. The minimum absolute atomic E-state index is 0.0858. The van der Waals surface area contributed by atoms with Gasteiger partial charge in [0.15, 0.2) is 0 Å². The highest BCUT2D eigenvalue weighted by atomic mass is 19.4. The maximum absolute atomic E-state index is 13.7. The molecule has 0 bridgehead atoms. The summed E-state index contributed by atoms with van der Waals surface area (Å²) >= 11 is 0. The standard InChI is InChI=1S/C17H18F4N4O/c18-14-9-12(1-2-13(14)17(19,20)21)10-25-8-7-24(6-3-16(25)26)11-15-22-4-5-23-15/h1-2,4-5,9H,3,6-8,10-11H2,(H,22,23). The second-order valence-corrected chi connectivity index (χ2v) is 6.19. The van der Waals surface area contributed by atoms with Crippen LogP contribution in [0.1, 0.15) is 23.4 Å². The zero-order chi connectivity index (χ0) is 18.7. The number of rotatable bonds is 4. The van der Waals surface area contributed by atoms with Crippen LogP contribution in [-0.4, -0.2) is 45.3 Å². The van der Waals surface area contributed by atoms with Gasteiger partial charge < -0.3 is 9.88 Å². The summed E-state index contributed by atoms with van der Waals surface area (Å²) in [5.41, 5.74) is -0.962. The lowest BCUT2D eigenvalue weighted by atomic mass is 10.1. The Bertz CT molecular complexity index is 761. The van der Waals surface area contributed by atoms with E-state index in [1.165, 1.54) is 6.07 Å². The van der Waals surface area contributed by atoms with Crippen LogP contribution in [0.3, 0.4) is 0 Å². The summed E-state index contributed by atoms with van der Waals surface area (Å²) < 4.78 is 51.6. The van der Waals surface area contributed by atoms with Crippen molar-refractivity contribution in [3.05, 3.63) is 53.4 Å². The number of halogens is 4. The number of nitrogens with one attached hydrogen (secondary N) is 1. The minimum Gasteiger partial charge on any atom is -0.348 e. The van der Waals surface area contributed by atoms with Gasteiger partial charge in [0.25, 0.3) is 0 Å². The molecular formula is C17H18F4N4O. The van der Waals surface area contributed by atoms with Gasteiger partial charge in [-0.2, -0.15) is 13.2 Å². The highest BCUT2D eigenvalue weighted by molar-refractivity contribution is 5.76. The van der Waals surface area contributed by atoms with Gasteiger partial charge in [-0.1, -0.05) is 6.07 Å². The molecule has 5 nitrogen and oxygen atoms in total. The van der Waals surface area contributed by atoms with Crippen LogP contribution >= 0.6 is 0 Å². The maximum atomic E-state index is 13.7.